The molecule has 2 heterocycles. The number of hydrogen-bond acceptors (Lipinski definition) is 7. The third-order valence-corrected chi connectivity index (χ3v) is 7.05. The van der Waals surface area contributed by atoms with Crippen LogP contribution in [-0.2, 0) is 24.4 Å². The van der Waals surface area contributed by atoms with Crippen LogP contribution in [-0.4, -0.2) is 43.1 Å². The number of ether oxygens (including phenoxy) is 5. The number of carbonyl (C=O) groups excluding carboxylic acids is 2. The summed E-state index contributed by atoms with van der Waals surface area (Å²) in [6.45, 7) is 3.91. The highest BCUT2D eigenvalue weighted by molar-refractivity contribution is 9.10. The van der Waals surface area contributed by atoms with Crippen LogP contribution in [0.15, 0.2) is 46.9 Å². The van der Waals surface area contributed by atoms with E-state index in [4.69, 9.17) is 23.7 Å². The van der Waals surface area contributed by atoms with E-state index in [9.17, 15) is 9.59 Å². The van der Waals surface area contributed by atoms with Gasteiger partial charge in [0.25, 0.3) is 0 Å². The van der Waals surface area contributed by atoms with Gasteiger partial charge in [-0.3, -0.25) is 4.79 Å². The van der Waals surface area contributed by atoms with Crippen molar-refractivity contribution in [2.24, 2.45) is 0 Å². The topological polar surface area (TPSA) is 80.3 Å². The Morgan fingerprint density at radius 1 is 1.09 bits per heavy atom. The lowest BCUT2D eigenvalue weighted by Gasteiger charge is -2.42. The monoisotopic (exact) mass is 516 g/mol. The van der Waals surface area contributed by atoms with Crippen LogP contribution in [0.3, 0.4) is 0 Å². The number of halogens is 1. The molecule has 0 aromatic heterocycles. The maximum absolute atomic E-state index is 13.6. The molecule has 2 aromatic rings. The van der Waals surface area contributed by atoms with E-state index in [-0.39, 0.29) is 31.7 Å². The highest BCUT2D eigenvalue weighted by Gasteiger charge is 2.59. The van der Waals surface area contributed by atoms with Crippen LogP contribution in [0.25, 0.3) is 0 Å². The average molecular weight is 517 g/mol. The Bertz CT molecular complexity index is 1080. The van der Waals surface area contributed by atoms with Crippen molar-refractivity contribution < 1.29 is 33.3 Å². The van der Waals surface area contributed by atoms with Crippen molar-refractivity contribution in [3.05, 3.63) is 58.1 Å². The molecule has 2 aromatic carbocycles. The molecular weight excluding hydrogens is 492 g/mol. The molecule has 1 aliphatic carbocycles. The number of Topliss-reactive ketones (excluding diaryl/α,β-unsaturated/α-hetero) is 1. The predicted octanol–water partition coefficient (Wildman–Crippen LogP) is 4.55. The number of rotatable bonds is 5. The summed E-state index contributed by atoms with van der Waals surface area (Å²) in [5.41, 5.74) is 0.176. The number of fused-ring (bicyclic) bond motifs is 2. The molecule has 0 N–H and O–H groups in total. The molecule has 1 saturated carbocycles. The molecule has 0 unspecified atom stereocenters. The molecule has 7 nitrogen and oxygen atoms in total. The molecule has 0 radical (unpaired) electrons. The van der Waals surface area contributed by atoms with Gasteiger partial charge in [0.1, 0.15) is 11.9 Å². The van der Waals surface area contributed by atoms with Crippen LogP contribution in [0, 0.1) is 0 Å². The summed E-state index contributed by atoms with van der Waals surface area (Å²) in [6, 6.07) is 12.5. The molecule has 0 spiro atoms. The van der Waals surface area contributed by atoms with Gasteiger partial charge in [0.15, 0.2) is 17.3 Å². The minimum atomic E-state index is -1.03. The van der Waals surface area contributed by atoms with Gasteiger partial charge in [-0.2, -0.15) is 0 Å². The minimum Gasteiger partial charge on any atom is -0.462 e. The summed E-state index contributed by atoms with van der Waals surface area (Å²) in [6.07, 6.45) is 0.493. The van der Waals surface area contributed by atoms with Crippen LogP contribution in [0.5, 0.6) is 11.5 Å². The molecule has 3 atom stereocenters. The summed E-state index contributed by atoms with van der Waals surface area (Å²) >= 11 is 3.36. The van der Waals surface area contributed by atoms with Crippen LogP contribution >= 0.6 is 15.9 Å². The van der Waals surface area contributed by atoms with Gasteiger partial charge in [-0.25, -0.2) is 4.79 Å². The normalized spacial score (nSPS) is 27.3. The SMILES string of the molecule is CC1(C)O[C@H]2CCC(=O)[C@](CCOC(=O)c3ccc(Br)cc3)(c3ccc4c(c3)OCO4)[C@H]2O1. The molecular formula is C25H25BrO7. The molecule has 3 aliphatic rings. The van der Waals surface area contributed by atoms with Gasteiger partial charge >= 0.3 is 5.97 Å². The lowest BCUT2D eigenvalue weighted by atomic mass is 9.63. The first kappa shape index (κ1) is 22.4. The number of hydrogen-bond donors (Lipinski definition) is 0. The minimum absolute atomic E-state index is 0.0450. The van der Waals surface area contributed by atoms with E-state index in [2.05, 4.69) is 15.9 Å². The third kappa shape index (κ3) is 4.05. The summed E-state index contributed by atoms with van der Waals surface area (Å²) in [5.74, 6) is 0.0251. The lowest BCUT2D eigenvalue weighted by Crippen LogP contribution is -2.55. The van der Waals surface area contributed by atoms with E-state index in [1.165, 1.54) is 0 Å². The Morgan fingerprint density at radius 2 is 1.85 bits per heavy atom. The van der Waals surface area contributed by atoms with Gasteiger partial charge in [-0.15, -0.1) is 0 Å². The van der Waals surface area contributed by atoms with E-state index in [1.807, 2.05) is 32.0 Å². The number of ketones is 1. The molecule has 0 bridgehead atoms. The molecule has 1 saturated heterocycles. The third-order valence-electron chi connectivity index (χ3n) is 6.52. The van der Waals surface area contributed by atoms with Crippen LogP contribution in [0.2, 0.25) is 0 Å². The average Bonchev–Trinajstić information content (AvgIpc) is 3.38. The van der Waals surface area contributed by atoms with E-state index >= 15 is 0 Å². The van der Waals surface area contributed by atoms with E-state index in [1.54, 1.807) is 24.3 Å². The fraction of sp³-hybridized carbons (Fsp3) is 0.440. The largest absolute Gasteiger partial charge is 0.462 e. The second-order valence-corrected chi connectivity index (χ2v) is 9.90. The number of esters is 1. The fourth-order valence-corrected chi connectivity index (χ4v) is 5.28. The standard InChI is InChI=1S/C25H25BrO7/c1-24(2)32-19-9-10-21(27)25(22(19)33-24,16-5-8-18-20(13-16)31-14-30-18)11-12-29-23(28)15-3-6-17(26)7-4-15/h3-8,13,19,22H,9-12,14H2,1-2H3/t19-,22-,25-/m0/s1. The van der Waals surface area contributed by atoms with E-state index in [0.29, 0.717) is 29.9 Å². The Balaban J connectivity index is 1.46. The summed E-state index contributed by atoms with van der Waals surface area (Å²) in [4.78, 5) is 26.2. The first-order valence-corrected chi connectivity index (χ1v) is 11.8. The maximum Gasteiger partial charge on any atom is 0.338 e. The van der Waals surface area contributed by atoms with Gasteiger partial charge in [-0.05, 0) is 62.2 Å². The summed E-state index contributed by atoms with van der Waals surface area (Å²) < 4.78 is 30.0. The van der Waals surface area contributed by atoms with Crippen LogP contribution in [0.1, 0.15) is 49.0 Å². The van der Waals surface area contributed by atoms with Crippen molar-refractivity contribution in [3.63, 3.8) is 0 Å². The number of benzene rings is 2. The highest BCUT2D eigenvalue weighted by atomic mass is 79.9. The highest BCUT2D eigenvalue weighted by Crippen LogP contribution is 2.50. The molecule has 8 heteroatoms. The van der Waals surface area contributed by atoms with Crippen molar-refractivity contribution in [2.75, 3.05) is 13.4 Å². The Morgan fingerprint density at radius 3 is 2.64 bits per heavy atom. The second kappa shape index (κ2) is 8.42. The Hall–Kier alpha value is -2.42. The zero-order chi connectivity index (χ0) is 23.2. The predicted molar refractivity (Wildman–Crippen MR) is 121 cm³/mol. The first-order valence-electron chi connectivity index (χ1n) is 11.0. The Kier molecular flexibility index (Phi) is 5.71. The van der Waals surface area contributed by atoms with Gasteiger partial charge in [0, 0.05) is 17.3 Å². The zero-order valence-electron chi connectivity index (χ0n) is 18.5. The molecule has 174 valence electrons. The second-order valence-electron chi connectivity index (χ2n) is 8.99. The van der Waals surface area contributed by atoms with Crippen LogP contribution in [0.4, 0.5) is 0 Å². The lowest BCUT2D eigenvalue weighted by molar-refractivity contribution is -0.154. The molecule has 5 rings (SSSR count). The van der Waals surface area contributed by atoms with Gasteiger partial charge in [0.05, 0.1) is 23.7 Å². The Labute approximate surface area is 200 Å². The quantitative estimate of drug-likeness (QED) is 0.539. The number of carbonyl (C=O) groups is 2. The van der Waals surface area contributed by atoms with Crippen molar-refractivity contribution >= 4 is 27.7 Å². The van der Waals surface area contributed by atoms with Gasteiger partial charge < -0.3 is 23.7 Å². The maximum atomic E-state index is 13.6. The molecule has 0 amide bonds. The van der Waals surface area contributed by atoms with Crippen molar-refractivity contribution in [2.45, 2.75) is 56.5 Å². The van der Waals surface area contributed by atoms with Gasteiger partial charge in [-0.1, -0.05) is 22.0 Å². The smallest absolute Gasteiger partial charge is 0.338 e. The summed E-state index contributed by atoms with van der Waals surface area (Å²) in [5, 5.41) is 0. The van der Waals surface area contributed by atoms with Gasteiger partial charge in [0.2, 0.25) is 6.79 Å². The van der Waals surface area contributed by atoms with E-state index < -0.39 is 23.3 Å². The van der Waals surface area contributed by atoms with Crippen molar-refractivity contribution in [1.29, 1.82) is 0 Å². The molecule has 2 aliphatic heterocycles. The zero-order valence-corrected chi connectivity index (χ0v) is 20.1. The first-order chi connectivity index (χ1) is 15.8. The summed E-state index contributed by atoms with van der Waals surface area (Å²) in [7, 11) is 0. The fourth-order valence-electron chi connectivity index (χ4n) is 5.02. The molecule has 33 heavy (non-hydrogen) atoms. The van der Waals surface area contributed by atoms with E-state index in [0.717, 1.165) is 10.0 Å². The van der Waals surface area contributed by atoms with Crippen molar-refractivity contribution in [3.8, 4) is 11.5 Å². The molecule has 2 fully saturated rings. The van der Waals surface area contributed by atoms with Crippen molar-refractivity contribution in [1.82, 2.24) is 0 Å². The van der Waals surface area contributed by atoms with Crippen LogP contribution < -0.4 is 9.47 Å².